The molecule has 31 heavy (non-hydrogen) atoms. The van der Waals surface area contributed by atoms with Crippen LogP contribution in [-0.4, -0.2) is 32.4 Å². The third-order valence-corrected chi connectivity index (χ3v) is 5.71. The predicted molar refractivity (Wildman–Crippen MR) is 120 cm³/mol. The summed E-state index contributed by atoms with van der Waals surface area (Å²) in [4.78, 5) is 33.8. The van der Waals surface area contributed by atoms with Crippen LogP contribution in [0.15, 0.2) is 69.2 Å². The molecule has 1 saturated heterocycles. The lowest BCUT2D eigenvalue weighted by Gasteiger charge is -2.12. The highest BCUT2D eigenvalue weighted by Gasteiger charge is 2.32. The Labute approximate surface area is 186 Å². The molecule has 8 nitrogen and oxygen atoms in total. The Balaban J connectivity index is 1.62. The van der Waals surface area contributed by atoms with Gasteiger partial charge in [0.15, 0.2) is 5.17 Å². The zero-order valence-corrected chi connectivity index (χ0v) is 17.8. The standard InChI is InChI=1S/C21H15ClN4O4S/c1-2-25-20(27)19(31-21(25)24-17-8-9-23-12-16(17)22)11-15-6-7-18(30-15)13-4-3-5-14(10-13)26(28)29/h3-12H,2H2,1H3/b19-11+,24-21?. The largest absolute Gasteiger partial charge is 0.457 e. The van der Waals surface area contributed by atoms with Gasteiger partial charge in [0.05, 0.1) is 20.5 Å². The Morgan fingerprint density at radius 1 is 1.32 bits per heavy atom. The number of benzene rings is 1. The summed E-state index contributed by atoms with van der Waals surface area (Å²) in [5.74, 6) is 0.733. The number of nitro groups is 1. The van der Waals surface area contributed by atoms with Gasteiger partial charge in [-0.05, 0) is 36.9 Å². The minimum Gasteiger partial charge on any atom is -0.457 e. The Bertz CT molecular complexity index is 1240. The highest BCUT2D eigenvalue weighted by atomic mass is 35.5. The second-order valence-corrected chi connectivity index (χ2v) is 7.81. The van der Waals surface area contributed by atoms with Crippen molar-refractivity contribution < 1.29 is 14.1 Å². The minimum atomic E-state index is -0.460. The van der Waals surface area contributed by atoms with Crippen LogP contribution in [-0.2, 0) is 4.79 Å². The molecule has 1 aromatic carbocycles. The molecule has 1 amide bonds. The fraction of sp³-hybridized carbons (Fsp3) is 0.0952. The maximum atomic E-state index is 12.8. The molecule has 0 N–H and O–H groups in total. The molecule has 0 spiro atoms. The Morgan fingerprint density at radius 3 is 2.90 bits per heavy atom. The molecular formula is C21H15ClN4O4S. The van der Waals surface area contributed by atoms with Gasteiger partial charge < -0.3 is 4.42 Å². The molecule has 1 aliphatic heterocycles. The molecule has 3 aromatic rings. The molecule has 0 atom stereocenters. The number of halogens is 1. The van der Waals surface area contributed by atoms with Gasteiger partial charge in [0, 0.05) is 42.7 Å². The highest BCUT2D eigenvalue weighted by molar-refractivity contribution is 8.18. The van der Waals surface area contributed by atoms with Gasteiger partial charge in [0.2, 0.25) is 0 Å². The van der Waals surface area contributed by atoms with Gasteiger partial charge >= 0.3 is 0 Å². The Kier molecular flexibility index (Phi) is 5.88. The lowest BCUT2D eigenvalue weighted by atomic mass is 10.1. The van der Waals surface area contributed by atoms with Crippen LogP contribution in [0, 0.1) is 10.1 Å². The van der Waals surface area contributed by atoms with Gasteiger partial charge in [0.25, 0.3) is 11.6 Å². The van der Waals surface area contributed by atoms with Crippen LogP contribution in [0.25, 0.3) is 17.4 Å². The van der Waals surface area contributed by atoms with E-state index in [1.54, 1.807) is 47.5 Å². The van der Waals surface area contributed by atoms with E-state index in [9.17, 15) is 14.9 Å². The average molecular weight is 455 g/mol. The summed E-state index contributed by atoms with van der Waals surface area (Å²) >= 11 is 7.35. The summed E-state index contributed by atoms with van der Waals surface area (Å²) in [6, 6.07) is 11.3. The maximum Gasteiger partial charge on any atom is 0.270 e. The van der Waals surface area contributed by atoms with E-state index in [0.29, 0.717) is 44.4 Å². The molecule has 0 saturated carbocycles. The maximum absolute atomic E-state index is 12.8. The minimum absolute atomic E-state index is 0.0236. The predicted octanol–water partition coefficient (Wildman–Crippen LogP) is 5.53. The van der Waals surface area contributed by atoms with Crippen molar-refractivity contribution in [2.45, 2.75) is 6.92 Å². The zero-order chi connectivity index (χ0) is 22.0. The first-order valence-corrected chi connectivity index (χ1v) is 10.4. The molecule has 0 aliphatic carbocycles. The summed E-state index contributed by atoms with van der Waals surface area (Å²) in [6.45, 7) is 2.31. The smallest absolute Gasteiger partial charge is 0.270 e. The van der Waals surface area contributed by atoms with Crippen LogP contribution in [0.5, 0.6) is 0 Å². The lowest BCUT2D eigenvalue weighted by molar-refractivity contribution is -0.384. The van der Waals surface area contributed by atoms with E-state index in [0.717, 1.165) is 0 Å². The molecule has 0 unspecified atom stereocenters. The van der Waals surface area contributed by atoms with Crippen molar-refractivity contribution in [3.63, 3.8) is 0 Å². The molecule has 0 bridgehead atoms. The fourth-order valence-corrected chi connectivity index (χ4v) is 4.12. The fourth-order valence-electron chi connectivity index (χ4n) is 2.92. The molecule has 10 heteroatoms. The van der Waals surface area contributed by atoms with E-state index in [-0.39, 0.29) is 11.6 Å². The van der Waals surface area contributed by atoms with Crippen molar-refractivity contribution in [3.05, 3.63) is 80.7 Å². The Morgan fingerprint density at radius 2 is 2.16 bits per heavy atom. The van der Waals surface area contributed by atoms with Gasteiger partial charge in [0.1, 0.15) is 11.5 Å². The lowest BCUT2D eigenvalue weighted by Crippen LogP contribution is -2.28. The SMILES string of the molecule is CCN1C(=O)/C(=C\c2ccc(-c3cccc([N+](=O)[O-])c3)o2)SC1=Nc1ccncc1Cl. The van der Waals surface area contributed by atoms with Crippen molar-refractivity contribution in [1.29, 1.82) is 0 Å². The van der Waals surface area contributed by atoms with E-state index in [4.69, 9.17) is 16.0 Å². The summed E-state index contributed by atoms with van der Waals surface area (Å²) in [5.41, 5.74) is 1.08. The number of aromatic nitrogens is 1. The number of non-ortho nitro benzene ring substituents is 1. The van der Waals surface area contributed by atoms with E-state index in [2.05, 4.69) is 9.98 Å². The zero-order valence-electron chi connectivity index (χ0n) is 16.2. The monoisotopic (exact) mass is 454 g/mol. The van der Waals surface area contributed by atoms with Crippen LogP contribution in [0.4, 0.5) is 11.4 Å². The highest BCUT2D eigenvalue weighted by Crippen LogP contribution is 2.36. The van der Waals surface area contributed by atoms with Gasteiger partial charge in [-0.1, -0.05) is 23.7 Å². The number of carbonyl (C=O) groups excluding carboxylic acids is 1. The van der Waals surface area contributed by atoms with Crippen LogP contribution in [0.3, 0.4) is 0 Å². The second kappa shape index (κ2) is 8.75. The Hall–Kier alpha value is -3.43. The summed E-state index contributed by atoms with van der Waals surface area (Å²) < 4.78 is 5.80. The first-order valence-electron chi connectivity index (χ1n) is 9.20. The second-order valence-electron chi connectivity index (χ2n) is 6.39. The molecule has 1 aliphatic rings. The quantitative estimate of drug-likeness (QED) is 0.285. The number of carbonyl (C=O) groups is 1. The van der Waals surface area contributed by atoms with Gasteiger partial charge in [-0.15, -0.1) is 0 Å². The third kappa shape index (κ3) is 4.37. The van der Waals surface area contributed by atoms with Crippen molar-refractivity contribution in [2.24, 2.45) is 4.99 Å². The number of nitro benzene ring substituents is 1. The number of likely N-dealkylation sites (N-methyl/N-ethyl adjacent to an activating group) is 1. The van der Waals surface area contributed by atoms with Crippen LogP contribution in [0.2, 0.25) is 5.02 Å². The molecule has 4 rings (SSSR count). The van der Waals surface area contributed by atoms with E-state index < -0.39 is 4.92 Å². The molecule has 2 aromatic heterocycles. The number of amides is 1. The van der Waals surface area contributed by atoms with E-state index in [1.807, 2.05) is 6.92 Å². The van der Waals surface area contributed by atoms with Crippen molar-refractivity contribution >= 4 is 51.9 Å². The van der Waals surface area contributed by atoms with Gasteiger partial charge in [-0.3, -0.25) is 24.8 Å². The number of pyridine rings is 1. The number of furan rings is 1. The summed E-state index contributed by atoms with van der Waals surface area (Å²) in [7, 11) is 0. The number of thioether (sulfide) groups is 1. The van der Waals surface area contributed by atoms with E-state index >= 15 is 0 Å². The third-order valence-electron chi connectivity index (χ3n) is 4.41. The number of amidine groups is 1. The van der Waals surface area contributed by atoms with Crippen LogP contribution in [0.1, 0.15) is 12.7 Å². The number of hydrogen-bond donors (Lipinski definition) is 0. The molecule has 0 radical (unpaired) electrons. The number of hydrogen-bond acceptors (Lipinski definition) is 7. The normalized spacial score (nSPS) is 16.5. The van der Waals surface area contributed by atoms with Gasteiger partial charge in [-0.2, -0.15) is 0 Å². The van der Waals surface area contributed by atoms with Crippen LogP contribution >= 0.6 is 23.4 Å². The van der Waals surface area contributed by atoms with Crippen molar-refractivity contribution in [1.82, 2.24) is 9.88 Å². The first-order chi connectivity index (χ1) is 15.0. The molecule has 1 fully saturated rings. The molecular weight excluding hydrogens is 440 g/mol. The van der Waals surface area contributed by atoms with Crippen LogP contribution < -0.4 is 0 Å². The number of aliphatic imine (C=N–C) groups is 1. The van der Waals surface area contributed by atoms with Gasteiger partial charge in [-0.25, -0.2) is 4.99 Å². The number of nitrogens with zero attached hydrogens (tertiary/aromatic N) is 4. The summed E-state index contributed by atoms with van der Waals surface area (Å²) in [5, 5.41) is 11.9. The van der Waals surface area contributed by atoms with Crippen molar-refractivity contribution in [2.75, 3.05) is 6.54 Å². The van der Waals surface area contributed by atoms with Crippen molar-refractivity contribution in [3.8, 4) is 11.3 Å². The topological polar surface area (TPSA) is 102 Å². The number of rotatable bonds is 5. The summed E-state index contributed by atoms with van der Waals surface area (Å²) in [6.07, 6.45) is 4.71. The average Bonchev–Trinajstić information content (AvgIpc) is 3.34. The molecule has 3 heterocycles. The van der Waals surface area contributed by atoms with E-state index in [1.165, 1.54) is 30.1 Å². The first kappa shape index (κ1) is 20.8. The molecule has 156 valence electrons.